The number of nitrogens with one attached hydrogen (secondary N) is 1. The maximum Gasteiger partial charge on any atom is 0.346 e. The second kappa shape index (κ2) is 10.4. The van der Waals surface area contributed by atoms with Crippen LogP contribution in [0.5, 0.6) is 5.75 Å². The minimum absolute atomic E-state index is 0.0847. The molecular weight excluding hydrogens is 447 g/mol. The van der Waals surface area contributed by atoms with Gasteiger partial charge in [-0.05, 0) is 53.9 Å². The largest absolute Gasteiger partial charge is 0.489 e. The lowest BCUT2D eigenvalue weighted by Crippen LogP contribution is -2.24. The van der Waals surface area contributed by atoms with Crippen LogP contribution in [-0.4, -0.2) is 16.3 Å². The molecule has 0 saturated carbocycles. The van der Waals surface area contributed by atoms with Gasteiger partial charge in [0, 0.05) is 12.1 Å². The quantitative estimate of drug-likeness (QED) is 0.377. The van der Waals surface area contributed by atoms with E-state index in [1.165, 1.54) is 36.4 Å². The summed E-state index contributed by atoms with van der Waals surface area (Å²) < 4.78 is 44.6. The molecule has 5 nitrogen and oxygen atoms in total. The monoisotopic (exact) mass is 467 g/mol. The van der Waals surface area contributed by atoms with Crippen LogP contribution in [0.25, 0.3) is 0 Å². The van der Waals surface area contributed by atoms with Crippen molar-refractivity contribution in [1.82, 2.24) is 5.32 Å². The summed E-state index contributed by atoms with van der Waals surface area (Å²) >= 11 is 5.98. The van der Waals surface area contributed by atoms with E-state index < -0.39 is 19.2 Å². The van der Waals surface area contributed by atoms with Crippen molar-refractivity contribution in [1.29, 1.82) is 0 Å². The molecular formula is C22H21ClF2NO4P. The Bertz CT molecular complexity index is 1060. The number of rotatable bonds is 9. The first-order valence-electron chi connectivity index (χ1n) is 9.43. The lowest BCUT2D eigenvalue weighted by Gasteiger charge is -2.21. The van der Waals surface area contributed by atoms with E-state index in [-0.39, 0.29) is 29.6 Å². The van der Waals surface area contributed by atoms with Crippen molar-refractivity contribution in [3.8, 4) is 5.75 Å². The molecule has 164 valence electrons. The summed E-state index contributed by atoms with van der Waals surface area (Å²) in [6, 6.07) is 16.5. The molecule has 0 aliphatic heterocycles. The number of benzene rings is 3. The van der Waals surface area contributed by atoms with Gasteiger partial charge in [-0.3, -0.25) is 9.88 Å². The standard InChI is InChI=1S/C22H21ClF2NO4P/c23-20-5-2-6-21(25)19(20)14-30-18-9-7-16(8-10-18)22(31(27,28)29)26-12-11-15-3-1-4-17(24)13-15/h1-10,13,22,26H,11-12,14H2,(H2,27,28,29)/t22-/m1/s1. The van der Waals surface area contributed by atoms with Crippen LogP contribution in [0.15, 0.2) is 66.7 Å². The van der Waals surface area contributed by atoms with Crippen LogP contribution in [0.1, 0.15) is 22.5 Å². The van der Waals surface area contributed by atoms with Crippen molar-refractivity contribution in [2.24, 2.45) is 0 Å². The smallest absolute Gasteiger partial charge is 0.346 e. The predicted molar refractivity (Wildman–Crippen MR) is 115 cm³/mol. The molecule has 3 aromatic rings. The van der Waals surface area contributed by atoms with Gasteiger partial charge in [0.25, 0.3) is 0 Å². The third-order valence-electron chi connectivity index (χ3n) is 4.62. The van der Waals surface area contributed by atoms with Gasteiger partial charge in [0.15, 0.2) is 0 Å². The summed E-state index contributed by atoms with van der Waals surface area (Å²) in [4.78, 5) is 19.5. The Morgan fingerprint density at radius 2 is 1.74 bits per heavy atom. The summed E-state index contributed by atoms with van der Waals surface area (Å²) in [5.41, 5.74) is 1.30. The van der Waals surface area contributed by atoms with Gasteiger partial charge in [0.05, 0.1) is 5.02 Å². The van der Waals surface area contributed by atoms with E-state index >= 15 is 0 Å². The highest BCUT2D eigenvalue weighted by atomic mass is 35.5. The third kappa shape index (κ3) is 6.60. The van der Waals surface area contributed by atoms with E-state index in [2.05, 4.69) is 5.32 Å². The van der Waals surface area contributed by atoms with E-state index in [4.69, 9.17) is 16.3 Å². The zero-order chi connectivity index (χ0) is 22.4. The lowest BCUT2D eigenvalue weighted by molar-refractivity contribution is 0.299. The fourth-order valence-electron chi connectivity index (χ4n) is 3.05. The average molecular weight is 468 g/mol. The Morgan fingerprint density at radius 1 is 1.03 bits per heavy atom. The molecule has 0 aromatic heterocycles. The van der Waals surface area contributed by atoms with E-state index in [1.807, 2.05) is 0 Å². The Balaban J connectivity index is 1.64. The number of hydrogen-bond acceptors (Lipinski definition) is 3. The summed E-state index contributed by atoms with van der Waals surface area (Å²) in [7, 11) is -4.51. The molecule has 0 spiro atoms. The SMILES string of the molecule is O=P(O)(O)[C@@H](NCCc1cccc(F)c1)c1ccc(OCc2c(F)cccc2Cl)cc1. The Morgan fingerprint density at radius 3 is 2.39 bits per heavy atom. The van der Waals surface area contributed by atoms with Crippen molar-refractivity contribution >= 4 is 19.2 Å². The van der Waals surface area contributed by atoms with E-state index in [9.17, 15) is 23.1 Å². The third-order valence-corrected chi connectivity index (χ3v) is 6.12. The Labute approximate surface area is 183 Å². The van der Waals surface area contributed by atoms with Crippen LogP contribution in [0.4, 0.5) is 8.78 Å². The molecule has 0 bridgehead atoms. The molecule has 0 radical (unpaired) electrons. The molecule has 3 aromatic carbocycles. The summed E-state index contributed by atoms with van der Waals surface area (Å²) in [5.74, 6) is -1.67. The van der Waals surface area contributed by atoms with E-state index in [0.29, 0.717) is 23.3 Å². The van der Waals surface area contributed by atoms with Crippen molar-refractivity contribution < 1.29 is 27.9 Å². The minimum Gasteiger partial charge on any atom is -0.489 e. The fraction of sp³-hybridized carbons (Fsp3) is 0.182. The first-order chi connectivity index (χ1) is 14.7. The van der Waals surface area contributed by atoms with Crippen LogP contribution in [0, 0.1) is 11.6 Å². The first kappa shape index (κ1) is 23.4. The molecule has 3 N–H and O–H groups in total. The molecule has 0 unspecified atom stereocenters. The van der Waals surface area contributed by atoms with Crippen molar-refractivity contribution in [3.63, 3.8) is 0 Å². The van der Waals surface area contributed by atoms with Crippen LogP contribution >= 0.6 is 19.2 Å². The highest BCUT2D eigenvalue weighted by Crippen LogP contribution is 2.50. The molecule has 31 heavy (non-hydrogen) atoms. The highest BCUT2D eigenvalue weighted by Gasteiger charge is 2.29. The molecule has 0 saturated heterocycles. The molecule has 1 atom stereocenters. The van der Waals surface area contributed by atoms with Crippen molar-refractivity contribution in [2.75, 3.05) is 6.54 Å². The number of ether oxygens (including phenoxy) is 1. The van der Waals surface area contributed by atoms with Gasteiger partial charge in [-0.15, -0.1) is 0 Å². The first-order valence-corrected chi connectivity index (χ1v) is 11.5. The number of hydrogen-bond donors (Lipinski definition) is 3. The molecule has 0 fully saturated rings. The van der Waals surface area contributed by atoms with Crippen molar-refractivity contribution in [3.05, 3.63) is 100 Å². The minimum atomic E-state index is -4.51. The maximum atomic E-state index is 13.8. The molecule has 3 rings (SSSR count). The van der Waals surface area contributed by atoms with E-state index in [0.717, 1.165) is 0 Å². The zero-order valence-corrected chi connectivity index (χ0v) is 18.0. The van der Waals surface area contributed by atoms with Gasteiger partial charge in [-0.2, -0.15) is 0 Å². The Kier molecular flexibility index (Phi) is 7.81. The van der Waals surface area contributed by atoms with Gasteiger partial charge in [-0.1, -0.05) is 41.9 Å². The van der Waals surface area contributed by atoms with Crippen LogP contribution < -0.4 is 10.1 Å². The zero-order valence-electron chi connectivity index (χ0n) is 16.3. The molecule has 0 heterocycles. The second-order valence-electron chi connectivity index (χ2n) is 6.88. The normalized spacial score (nSPS) is 12.5. The highest BCUT2D eigenvalue weighted by molar-refractivity contribution is 7.52. The van der Waals surface area contributed by atoms with Gasteiger partial charge >= 0.3 is 7.60 Å². The van der Waals surface area contributed by atoms with Crippen LogP contribution in [-0.2, 0) is 17.6 Å². The fourth-order valence-corrected chi connectivity index (χ4v) is 4.19. The average Bonchev–Trinajstić information content (AvgIpc) is 2.71. The molecule has 0 aliphatic carbocycles. The molecule has 0 aliphatic rings. The van der Waals surface area contributed by atoms with Gasteiger partial charge < -0.3 is 14.5 Å². The summed E-state index contributed by atoms with van der Waals surface area (Å²) in [6.07, 6.45) is 0.402. The van der Waals surface area contributed by atoms with Crippen molar-refractivity contribution in [2.45, 2.75) is 18.8 Å². The lowest BCUT2D eigenvalue weighted by atomic mass is 10.1. The van der Waals surface area contributed by atoms with Crippen LogP contribution in [0.2, 0.25) is 5.02 Å². The molecule has 0 amide bonds. The van der Waals surface area contributed by atoms with Gasteiger partial charge in [0.1, 0.15) is 29.8 Å². The van der Waals surface area contributed by atoms with Crippen LogP contribution in [0.3, 0.4) is 0 Å². The second-order valence-corrected chi connectivity index (χ2v) is 8.99. The maximum absolute atomic E-state index is 13.8. The summed E-state index contributed by atoms with van der Waals surface area (Å²) in [5, 5.41) is 3.09. The molecule has 9 heteroatoms. The van der Waals surface area contributed by atoms with Gasteiger partial charge in [-0.25, -0.2) is 8.78 Å². The summed E-state index contributed by atoms with van der Waals surface area (Å²) in [6.45, 7) is 0.155. The number of halogens is 3. The predicted octanol–water partition coefficient (Wildman–Crippen LogP) is 5.21. The topological polar surface area (TPSA) is 78.8 Å². The van der Waals surface area contributed by atoms with E-state index in [1.54, 1.807) is 30.3 Å². The van der Waals surface area contributed by atoms with Gasteiger partial charge in [0.2, 0.25) is 0 Å². The Hall–Kier alpha value is -2.28.